The van der Waals surface area contributed by atoms with Crippen molar-refractivity contribution in [3.63, 3.8) is 0 Å². The summed E-state index contributed by atoms with van der Waals surface area (Å²) in [5, 5.41) is 17.8. The molecule has 0 aromatic rings. The van der Waals surface area contributed by atoms with E-state index in [0.29, 0.717) is 19.5 Å². The SMILES string of the molecule is C[C@H]1CN(C(=O)/C=C/C(=O)O)CC[C@@H]1O. The average Bonchev–Trinajstić information content (AvgIpc) is 2.18. The highest BCUT2D eigenvalue weighted by Crippen LogP contribution is 2.16. The number of piperidine rings is 1. The van der Waals surface area contributed by atoms with Gasteiger partial charge in [-0.1, -0.05) is 6.92 Å². The average molecular weight is 213 g/mol. The molecule has 0 aromatic carbocycles. The molecule has 84 valence electrons. The number of carbonyl (C=O) groups excluding carboxylic acids is 1. The Balaban J connectivity index is 2.51. The van der Waals surface area contributed by atoms with Crippen LogP contribution in [0.15, 0.2) is 12.2 Å². The summed E-state index contributed by atoms with van der Waals surface area (Å²) in [6.07, 6.45) is 2.07. The zero-order valence-electron chi connectivity index (χ0n) is 8.59. The molecule has 1 aliphatic heterocycles. The van der Waals surface area contributed by atoms with Crippen molar-refractivity contribution in [3.8, 4) is 0 Å². The molecule has 0 unspecified atom stereocenters. The van der Waals surface area contributed by atoms with Crippen molar-refractivity contribution in [2.24, 2.45) is 5.92 Å². The number of carbonyl (C=O) groups is 2. The molecule has 1 fully saturated rings. The van der Waals surface area contributed by atoms with E-state index in [-0.39, 0.29) is 17.9 Å². The first-order valence-electron chi connectivity index (χ1n) is 4.88. The topological polar surface area (TPSA) is 77.8 Å². The number of nitrogens with zero attached hydrogens (tertiary/aromatic N) is 1. The van der Waals surface area contributed by atoms with E-state index in [2.05, 4.69) is 0 Å². The summed E-state index contributed by atoms with van der Waals surface area (Å²) >= 11 is 0. The first-order valence-corrected chi connectivity index (χ1v) is 4.88. The zero-order chi connectivity index (χ0) is 11.4. The molecule has 0 aliphatic carbocycles. The molecule has 5 nitrogen and oxygen atoms in total. The van der Waals surface area contributed by atoms with Crippen molar-refractivity contribution in [2.75, 3.05) is 13.1 Å². The second-order valence-corrected chi connectivity index (χ2v) is 3.79. The highest BCUT2D eigenvalue weighted by molar-refractivity contribution is 5.93. The summed E-state index contributed by atoms with van der Waals surface area (Å²) in [5.74, 6) is -1.40. The Kier molecular flexibility index (Phi) is 3.85. The minimum absolute atomic E-state index is 0.0425. The van der Waals surface area contributed by atoms with Crippen LogP contribution >= 0.6 is 0 Å². The van der Waals surface area contributed by atoms with Gasteiger partial charge >= 0.3 is 5.97 Å². The van der Waals surface area contributed by atoms with Crippen LogP contribution in [-0.2, 0) is 9.59 Å². The third-order valence-corrected chi connectivity index (χ3v) is 2.54. The first-order chi connectivity index (χ1) is 7.00. The molecule has 0 radical (unpaired) electrons. The van der Waals surface area contributed by atoms with Crippen molar-refractivity contribution in [3.05, 3.63) is 12.2 Å². The summed E-state index contributed by atoms with van der Waals surface area (Å²) in [4.78, 5) is 23.2. The van der Waals surface area contributed by atoms with Gasteiger partial charge in [0.1, 0.15) is 0 Å². The summed E-state index contributed by atoms with van der Waals surface area (Å²) in [6.45, 7) is 2.82. The molecule has 1 heterocycles. The number of likely N-dealkylation sites (tertiary alicyclic amines) is 1. The molecule has 2 N–H and O–H groups in total. The lowest BCUT2D eigenvalue weighted by Gasteiger charge is -2.33. The molecule has 0 bridgehead atoms. The summed E-state index contributed by atoms with van der Waals surface area (Å²) in [6, 6.07) is 0. The predicted molar refractivity (Wildman–Crippen MR) is 53.1 cm³/mol. The van der Waals surface area contributed by atoms with Crippen LogP contribution in [0.4, 0.5) is 0 Å². The van der Waals surface area contributed by atoms with E-state index in [1.165, 1.54) is 0 Å². The Labute approximate surface area is 88.0 Å². The Bertz CT molecular complexity index is 287. The van der Waals surface area contributed by atoms with Gasteiger partial charge in [0, 0.05) is 25.2 Å². The fraction of sp³-hybridized carbons (Fsp3) is 0.600. The van der Waals surface area contributed by atoms with Crippen LogP contribution in [0.25, 0.3) is 0 Å². The smallest absolute Gasteiger partial charge is 0.328 e. The van der Waals surface area contributed by atoms with Crippen molar-refractivity contribution in [1.82, 2.24) is 4.90 Å². The molecule has 0 aromatic heterocycles. The summed E-state index contributed by atoms with van der Waals surface area (Å²) < 4.78 is 0. The number of hydrogen-bond acceptors (Lipinski definition) is 3. The molecule has 1 aliphatic rings. The molecule has 5 heteroatoms. The third kappa shape index (κ3) is 3.36. The number of amides is 1. The summed E-state index contributed by atoms with van der Waals surface area (Å²) in [7, 11) is 0. The van der Waals surface area contributed by atoms with Crippen molar-refractivity contribution < 1.29 is 19.8 Å². The van der Waals surface area contributed by atoms with Gasteiger partial charge in [-0.05, 0) is 12.3 Å². The normalized spacial score (nSPS) is 26.9. The number of aliphatic hydroxyl groups is 1. The Morgan fingerprint density at radius 2 is 2.07 bits per heavy atom. The fourth-order valence-electron chi connectivity index (χ4n) is 1.58. The van der Waals surface area contributed by atoms with Gasteiger partial charge in [0.25, 0.3) is 0 Å². The van der Waals surface area contributed by atoms with E-state index in [9.17, 15) is 14.7 Å². The Morgan fingerprint density at radius 1 is 1.40 bits per heavy atom. The van der Waals surface area contributed by atoms with Crippen LogP contribution in [0, 0.1) is 5.92 Å². The second-order valence-electron chi connectivity index (χ2n) is 3.79. The van der Waals surface area contributed by atoms with Crippen LogP contribution < -0.4 is 0 Å². The zero-order valence-corrected chi connectivity index (χ0v) is 8.59. The number of carboxylic acid groups (broad SMARTS) is 1. The largest absolute Gasteiger partial charge is 0.478 e. The lowest BCUT2D eigenvalue weighted by atomic mass is 9.97. The Morgan fingerprint density at radius 3 is 2.60 bits per heavy atom. The van der Waals surface area contributed by atoms with E-state index < -0.39 is 5.97 Å². The van der Waals surface area contributed by atoms with E-state index in [0.717, 1.165) is 12.2 Å². The molecule has 0 saturated carbocycles. The van der Waals surface area contributed by atoms with Gasteiger partial charge in [-0.15, -0.1) is 0 Å². The lowest BCUT2D eigenvalue weighted by molar-refractivity contribution is -0.133. The highest BCUT2D eigenvalue weighted by atomic mass is 16.4. The van der Waals surface area contributed by atoms with E-state index >= 15 is 0 Å². The quantitative estimate of drug-likeness (QED) is 0.626. The van der Waals surface area contributed by atoms with Crippen LogP contribution in [0.2, 0.25) is 0 Å². The third-order valence-electron chi connectivity index (χ3n) is 2.54. The van der Waals surface area contributed by atoms with Gasteiger partial charge in [0.15, 0.2) is 0 Å². The maximum atomic E-state index is 11.4. The number of carboxylic acids is 1. The standard InChI is InChI=1S/C10H15NO4/c1-7-6-11(5-4-8(7)12)9(13)2-3-10(14)15/h2-3,7-8,12H,4-6H2,1H3,(H,14,15)/b3-2+/t7-,8-/m0/s1. The molecule has 1 saturated heterocycles. The fourth-order valence-corrected chi connectivity index (χ4v) is 1.58. The summed E-state index contributed by atoms with van der Waals surface area (Å²) in [5.41, 5.74) is 0. The predicted octanol–water partition coefficient (Wildman–Crippen LogP) is -0.144. The molecule has 1 rings (SSSR count). The maximum Gasteiger partial charge on any atom is 0.328 e. The number of rotatable bonds is 2. The minimum atomic E-state index is -1.13. The second kappa shape index (κ2) is 4.93. The van der Waals surface area contributed by atoms with Gasteiger partial charge in [-0.2, -0.15) is 0 Å². The molecule has 2 atom stereocenters. The molecular weight excluding hydrogens is 198 g/mol. The van der Waals surface area contributed by atoms with Gasteiger partial charge in [0.2, 0.25) is 5.91 Å². The highest BCUT2D eigenvalue weighted by Gasteiger charge is 2.25. The van der Waals surface area contributed by atoms with Crippen molar-refractivity contribution >= 4 is 11.9 Å². The van der Waals surface area contributed by atoms with Crippen LogP contribution in [-0.4, -0.2) is 46.2 Å². The van der Waals surface area contributed by atoms with Gasteiger partial charge < -0.3 is 15.1 Å². The van der Waals surface area contributed by atoms with Crippen LogP contribution in [0.1, 0.15) is 13.3 Å². The number of hydrogen-bond donors (Lipinski definition) is 2. The van der Waals surface area contributed by atoms with Crippen molar-refractivity contribution in [2.45, 2.75) is 19.4 Å². The van der Waals surface area contributed by atoms with E-state index in [1.54, 1.807) is 4.90 Å². The van der Waals surface area contributed by atoms with Gasteiger partial charge in [-0.3, -0.25) is 4.79 Å². The Hall–Kier alpha value is -1.36. The molecular formula is C10H15NO4. The molecule has 1 amide bonds. The first kappa shape index (κ1) is 11.7. The van der Waals surface area contributed by atoms with Crippen molar-refractivity contribution in [1.29, 1.82) is 0 Å². The lowest BCUT2D eigenvalue weighted by Crippen LogP contribution is -2.44. The monoisotopic (exact) mass is 213 g/mol. The van der Waals surface area contributed by atoms with Gasteiger partial charge in [0.05, 0.1) is 6.10 Å². The molecule has 0 spiro atoms. The minimum Gasteiger partial charge on any atom is -0.478 e. The molecule has 15 heavy (non-hydrogen) atoms. The number of aliphatic carboxylic acids is 1. The van der Waals surface area contributed by atoms with E-state index in [1.807, 2.05) is 6.92 Å². The van der Waals surface area contributed by atoms with E-state index in [4.69, 9.17) is 5.11 Å². The van der Waals surface area contributed by atoms with Crippen LogP contribution in [0.5, 0.6) is 0 Å². The number of aliphatic hydroxyl groups excluding tert-OH is 1. The maximum absolute atomic E-state index is 11.4. The van der Waals surface area contributed by atoms with Gasteiger partial charge in [-0.25, -0.2) is 4.79 Å². The van der Waals surface area contributed by atoms with Crippen LogP contribution in [0.3, 0.4) is 0 Å².